The molecule has 0 aromatic carbocycles. The minimum Gasteiger partial charge on any atom is -0.483 e. The van der Waals surface area contributed by atoms with Crippen LogP contribution in [0.5, 0.6) is 0 Å². The van der Waals surface area contributed by atoms with Crippen molar-refractivity contribution < 1.29 is 127 Å². The van der Waals surface area contributed by atoms with E-state index in [-0.39, 0.29) is 103 Å². The van der Waals surface area contributed by atoms with Gasteiger partial charge in [0.25, 0.3) is 12.3 Å². The molecule has 0 spiro atoms. The van der Waals surface area contributed by atoms with Crippen LogP contribution in [0.15, 0.2) is 12.7 Å². The second kappa shape index (κ2) is 18.5. The number of carbonyl (C=O) groups excluding carboxylic acids is 2. The number of rotatable bonds is 0. The summed E-state index contributed by atoms with van der Waals surface area (Å²) in [7, 11) is 0. The molecule has 12 heavy (non-hydrogen) atoms. The molecule has 58 valence electrons. The first-order chi connectivity index (χ1) is 4.54. The summed E-state index contributed by atoms with van der Waals surface area (Å²) >= 11 is 0. The molecule has 0 bridgehead atoms. The first kappa shape index (κ1) is 23.5. The fraction of sp³-hybridized carbons (Fsp3) is 0.200. The van der Waals surface area contributed by atoms with Crippen molar-refractivity contribution in [1.82, 2.24) is 0 Å². The van der Waals surface area contributed by atoms with Gasteiger partial charge in [-0.1, -0.05) is 6.08 Å². The molecular weight excluding hydrogens is 218 g/mol. The van der Waals surface area contributed by atoms with Crippen molar-refractivity contribution in [3.8, 4) is 0 Å². The van der Waals surface area contributed by atoms with E-state index in [1.54, 1.807) is 6.08 Å². The Morgan fingerprint density at radius 3 is 1.42 bits per heavy atom. The third-order valence-electron chi connectivity index (χ3n) is 0.167. The maximum Gasteiger partial charge on any atom is 1.00 e. The standard InChI is InChI=1S/C3H6.C2H2O5.2K/c1-3-2;3-1(4)7-2(5)6;;/h3H,1H2,2H3;(H,3,4)(H,5,6);;/q;;2*+1/p-2. The number of carboxylic acid groups (broad SMARTS) is 2. The molecule has 0 saturated carbocycles. The summed E-state index contributed by atoms with van der Waals surface area (Å²) in [5.41, 5.74) is 0. The molecule has 7 heteroatoms. The number of hydrogen-bond acceptors (Lipinski definition) is 5. The number of hydrogen-bond donors (Lipinski definition) is 0. The van der Waals surface area contributed by atoms with Crippen LogP contribution >= 0.6 is 0 Å². The van der Waals surface area contributed by atoms with E-state index in [4.69, 9.17) is 19.8 Å². The van der Waals surface area contributed by atoms with E-state index in [1.165, 1.54) is 0 Å². The van der Waals surface area contributed by atoms with Gasteiger partial charge in [-0.3, -0.25) is 0 Å². The van der Waals surface area contributed by atoms with E-state index in [1.807, 2.05) is 6.92 Å². The normalized spacial score (nSPS) is 5.42. The van der Waals surface area contributed by atoms with Crippen molar-refractivity contribution in [2.24, 2.45) is 0 Å². The van der Waals surface area contributed by atoms with E-state index in [9.17, 15) is 0 Å². The Balaban J connectivity index is -0.0000000569. The molecule has 0 amide bonds. The summed E-state index contributed by atoms with van der Waals surface area (Å²) in [4.78, 5) is 18.1. The van der Waals surface area contributed by atoms with Crippen molar-refractivity contribution in [1.29, 1.82) is 0 Å². The zero-order valence-corrected chi connectivity index (χ0v) is 13.6. The van der Waals surface area contributed by atoms with Gasteiger partial charge in [0.1, 0.15) is 0 Å². The molecule has 0 aliphatic rings. The minimum atomic E-state index is -2.12. The second-order valence-corrected chi connectivity index (χ2v) is 1.01. The summed E-state index contributed by atoms with van der Waals surface area (Å²) in [6, 6.07) is 0. The molecule has 0 radical (unpaired) electrons. The predicted octanol–water partition coefficient (Wildman–Crippen LogP) is -7.11. The Morgan fingerprint density at radius 2 is 1.42 bits per heavy atom. The SMILES string of the molecule is C=CC.O=C([O-])OC(=O)[O-].[K+].[K+]. The smallest absolute Gasteiger partial charge is 0.483 e. The van der Waals surface area contributed by atoms with Crippen LogP contribution in [0.25, 0.3) is 0 Å². The molecular formula is C5H6K2O5. The van der Waals surface area contributed by atoms with Crippen LogP contribution in [-0.4, -0.2) is 12.3 Å². The third-order valence-corrected chi connectivity index (χ3v) is 0.167. The quantitative estimate of drug-likeness (QED) is 0.176. The second-order valence-electron chi connectivity index (χ2n) is 1.01. The zero-order chi connectivity index (χ0) is 8.57. The van der Waals surface area contributed by atoms with Gasteiger partial charge >= 0.3 is 103 Å². The molecule has 0 aliphatic heterocycles. The Hall–Kier alpha value is 1.75. The van der Waals surface area contributed by atoms with Crippen molar-refractivity contribution in [2.45, 2.75) is 6.92 Å². The molecule has 0 heterocycles. The molecule has 0 N–H and O–H groups in total. The van der Waals surface area contributed by atoms with Crippen LogP contribution in [0.4, 0.5) is 9.59 Å². The fourth-order valence-corrected chi connectivity index (χ4v) is 0.0680. The van der Waals surface area contributed by atoms with E-state index >= 15 is 0 Å². The number of carbonyl (C=O) groups is 2. The Bertz CT molecular complexity index is 124. The summed E-state index contributed by atoms with van der Waals surface area (Å²) in [5.74, 6) is 0. The molecule has 0 aliphatic carbocycles. The summed E-state index contributed by atoms with van der Waals surface area (Å²) in [6.45, 7) is 5.25. The van der Waals surface area contributed by atoms with Gasteiger partial charge in [0, 0.05) is 0 Å². The Kier molecular flexibility index (Phi) is 36.3. The van der Waals surface area contributed by atoms with Crippen LogP contribution in [-0.2, 0) is 4.74 Å². The van der Waals surface area contributed by atoms with Crippen LogP contribution in [0.2, 0.25) is 0 Å². The zero-order valence-electron chi connectivity index (χ0n) is 7.33. The summed E-state index contributed by atoms with van der Waals surface area (Å²) < 4.78 is 2.86. The molecule has 0 rings (SSSR count). The summed E-state index contributed by atoms with van der Waals surface area (Å²) in [6.07, 6.45) is -2.50. The molecule has 0 fully saturated rings. The number of ether oxygens (including phenoxy) is 1. The average Bonchev–Trinajstić information content (AvgIpc) is 1.62. The number of allylic oxidation sites excluding steroid dienone is 1. The maximum atomic E-state index is 9.06. The van der Waals surface area contributed by atoms with E-state index < -0.39 is 12.3 Å². The van der Waals surface area contributed by atoms with Crippen molar-refractivity contribution >= 4 is 12.3 Å². The molecule has 0 saturated heterocycles. The van der Waals surface area contributed by atoms with Crippen molar-refractivity contribution in [3.63, 3.8) is 0 Å². The van der Waals surface area contributed by atoms with Gasteiger partial charge in [0.15, 0.2) is 0 Å². The fourth-order valence-electron chi connectivity index (χ4n) is 0.0680. The van der Waals surface area contributed by atoms with Gasteiger partial charge in [0.2, 0.25) is 0 Å². The monoisotopic (exact) mass is 224 g/mol. The first-order valence-electron chi connectivity index (χ1n) is 2.21. The van der Waals surface area contributed by atoms with E-state index in [0.29, 0.717) is 0 Å². The van der Waals surface area contributed by atoms with Gasteiger partial charge in [-0.2, -0.15) is 0 Å². The van der Waals surface area contributed by atoms with Crippen LogP contribution in [0, 0.1) is 0 Å². The third kappa shape index (κ3) is 41.1. The average molecular weight is 224 g/mol. The Labute approximate surface area is 155 Å². The topological polar surface area (TPSA) is 89.5 Å². The van der Waals surface area contributed by atoms with Crippen LogP contribution < -0.4 is 113 Å². The predicted molar refractivity (Wildman–Crippen MR) is 27.7 cm³/mol. The molecule has 0 unspecified atom stereocenters. The van der Waals surface area contributed by atoms with Gasteiger partial charge < -0.3 is 24.5 Å². The Morgan fingerprint density at radius 1 is 1.25 bits per heavy atom. The summed E-state index contributed by atoms with van der Waals surface area (Å²) in [5, 5.41) is 18.1. The van der Waals surface area contributed by atoms with Crippen LogP contribution in [0.3, 0.4) is 0 Å². The molecule has 0 aromatic rings. The first-order valence-corrected chi connectivity index (χ1v) is 2.21. The van der Waals surface area contributed by atoms with E-state index in [2.05, 4.69) is 11.3 Å². The largest absolute Gasteiger partial charge is 1.00 e. The molecule has 0 aromatic heterocycles. The van der Waals surface area contributed by atoms with Crippen molar-refractivity contribution in [2.75, 3.05) is 0 Å². The van der Waals surface area contributed by atoms with Gasteiger partial charge in [-0.15, -0.1) is 6.58 Å². The maximum absolute atomic E-state index is 9.06. The van der Waals surface area contributed by atoms with Gasteiger partial charge in [-0.25, -0.2) is 0 Å². The minimum absolute atomic E-state index is 0. The van der Waals surface area contributed by atoms with E-state index in [0.717, 1.165) is 0 Å². The molecule has 0 atom stereocenters. The van der Waals surface area contributed by atoms with Gasteiger partial charge in [-0.05, 0) is 6.92 Å². The molecule has 5 nitrogen and oxygen atoms in total. The van der Waals surface area contributed by atoms with Crippen LogP contribution in [0.1, 0.15) is 6.92 Å². The van der Waals surface area contributed by atoms with Gasteiger partial charge in [0.05, 0.1) is 0 Å². The van der Waals surface area contributed by atoms with Crippen molar-refractivity contribution in [3.05, 3.63) is 12.7 Å².